The van der Waals surface area contributed by atoms with E-state index in [9.17, 15) is 13.2 Å². The lowest BCUT2D eigenvalue weighted by Crippen LogP contribution is -2.40. The number of hydrogen-bond acceptors (Lipinski definition) is 5. The van der Waals surface area contributed by atoms with Crippen LogP contribution < -0.4 is 5.43 Å². The first-order valence-electron chi connectivity index (χ1n) is 8.11. The molecule has 2 fully saturated rings. The number of nitrogens with zero attached hydrogens (tertiary/aromatic N) is 2. The summed E-state index contributed by atoms with van der Waals surface area (Å²) in [7, 11) is -3.61. The molecule has 1 N–H and O–H groups in total. The molecule has 0 spiro atoms. The summed E-state index contributed by atoms with van der Waals surface area (Å²) in [5, 5.41) is 4.12. The van der Waals surface area contributed by atoms with Gasteiger partial charge in [-0.3, -0.25) is 4.79 Å². The normalized spacial score (nSPS) is 19.2. The lowest BCUT2D eigenvalue weighted by molar-refractivity contribution is 0.0730. The Hall–Kier alpha value is -1.77. The Morgan fingerprint density at radius 2 is 1.88 bits per heavy atom. The first-order chi connectivity index (χ1) is 11.6. The number of carbonyl (C=O) groups is 1. The number of hydrogen-bond donors (Lipinski definition) is 1. The maximum atomic E-state index is 12.6. The summed E-state index contributed by atoms with van der Waals surface area (Å²) in [6.07, 6.45) is 4.02. The number of hydrazone groups is 1. The van der Waals surface area contributed by atoms with Crippen LogP contribution in [0.25, 0.3) is 0 Å². The van der Waals surface area contributed by atoms with Crippen molar-refractivity contribution in [1.29, 1.82) is 0 Å². The third-order valence-corrected chi connectivity index (χ3v) is 6.09. The van der Waals surface area contributed by atoms with Crippen LogP contribution in [0.5, 0.6) is 0 Å². The van der Waals surface area contributed by atoms with Gasteiger partial charge in [-0.2, -0.15) is 9.41 Å². The van der Waals surface area contributed by atoms with Crippen LogP contribution in [0.1, 0.15) is 36.0 Å². The number of ether oxygens (including phenoxy) is 1. The van der Waals surface area contributed by atoms with Gasteiger partial charge in [0.15, 0.2) is 0 Å². The van der Waals surface area contributed by atoms with Crippen LogP contribution >= 0.6 is 0 Å². The standard InChI is InChI=1S/C16H21N3O4S/c20-16(18-17-14-5-1-2-6-14)13-4-3-7-15(12-13)24(21,22)19-8-10-23-11-9-19/h3-4,7,12H,1-2,5-6,8-11H2,(H,18,20). The fraction of sp³-hybridized carbons (Fsp3) is 0.500. The smallest absolute Gasteiger partial charge is 0.271 e. The van der Waals surface area contributed by atoms with Gasteiger partial charge in [0.25, 0.3) is 5.91 Å². The summed E-state index contributed by atoms with van der Waals surface area (Å²) < 4.78 is 31.8. The molecule has 1 aromatic carbocycles. The quantitative estimate of drug-likeness (QED) is 0.830. The maximum absolute atomic E-state index is 12.6. The summed E-state index contributed by atoms with van der Waals surface area (Å²) in [5.74, 6) is -0.395. The number of sulfonamides is 1. The van der Waals surface area contributed by atoms with Crippen LogP contribution in [0.2, 0.25) is 0 Å². The van der Waals surface area contributed by atoms with E-state index in [1.165, 1.54) is 16.4 Å². The van der Waals surface area contributed by atoms with Crippen molar-refractivity contribution in [3.05, 3.63) is 29.8 Å². The van der Waals surface area contributed by atoms with E-state index in [1.807, 2.05) is 0 Å². The van der Waals surface area contributed by atoms with Gasteiger partial charge in [-0.1, -0.05) is 6.07 Å². The van der Waals surface area contributed by atoms with Crippen molar-refractivity contribution in [2.75, 3.05) is 26.3 Å². The maximum Gasteiger partial charge on any atom is 0.271 e. The van der Waals surface area contributed by atoms with E-state index in [0.29, 0.717) is 26.3 Å². The second-order valence-electron chi connectivity index (χ2n) is 5.87. The molecule has 1 amide bonds. The van der Waals surface area contributed by atoms with Crippen LogP contribution in [0.4, 0.5) is 0 Å². The highest BCUT2D eigenvalue weighted by Gasteiger charge is 2.26. The van der Waals surface area contributed by atoms with Gasteiger partial charge < -0.3 is 4.74 Å². The molecule has 2 aliphatic rings. The van der Waals surface area contributed by atoms with E-state index in [2.05, 4.69) is 10.5 Å². The minimum absolute atomic E-state index is 0.116. The van der Waals surface area contributed by atoms with Gasteiger partial charge in [0.1, 0.15) is 0 Å². The zero-order chi connectivity index (χ0) is 17.0. The molecule has 0 bridgehead atoms. The van der Waals surface area contributed by atoms with E-state index in [4.69, 9.17) is 4.74 Å². The average molecular weight is 351 g/mol. The van der Waals surface area contributed by atoms with Crippen LogP contribution in [0.3, 0.4) is 0 Å². The molecule has 130 valence electrons. The van der Waals surface area contributed by atoms with Gasteiger partial charge >= 0.3 is 0 Å². The molecule has 24 heavy (non-hydrogen) atoms. The van der Waals surface area contributed by atoms with Crippen LogP contribution in [-0.2, 0) is 14.8 Å². The third kappa shape index (κ3) is 3.82. The Bertz CT molecular complexity index is 731. The SMILES string of the molecule is O=C(NN=C1CCCC1)c1cccc(S(=O)(=O)N2CCOCC2)c1. The van der Waals surface area contributed by atoms with Gasteiger partial charge in [-0.05, 0) is 43.9 Å². The van der Waals surface area contributed by atoms with Gasteiger partial charge in [0, 0.05) is 24.4 Å². The summed E-state index contributed by atoms with van der Waals surface area (Å²) in [5.41, 5.74) is 3.79. The molecule has 0 aromatic heterocycles. The number of morpholine rings is 1. The molecule has 8 heteroatoms. The summed E-state index contributed by atoms with van der Waals surface area (Å²) in [4.78, 5) is 12.3. The third-order valence-electron chi connectivity index (χ3n) is 4.20. The zero-order valence-corrected chi connectivity index (χ0v) is 14.2. The molecule has 1 heterocycles. The molecule has 1 aliphatic carbocycles. The minimum atomic E-state index is -3.61. The fourth-order valence-corrected chi connectivity index (χ4v) is 4.28. The van der Waals surface area contributed by atoms with Crippen LogP contribution in [0, 0.1) is 0 Å². The van der Waals surface area contributed by atoms with Crippen molar-refractivity contribution in [1.82, 2.24) is 9.73 Å². The molecular formula is C16H21N3O4S. The van der Waals surface area contributed by atoms with Crippen molar-refractivity contribution in [3.8, 4) is 0 Å². The molecule has 0 unspecified atom stereocenters. The molecule has 3 rings (SSSR count). The van der Waals surface area contributed by atoms with E-state index in [-0.39, 0.29) is 10.5 Å². The first-order valence-corrected chi connectivity index (χ1v) is 9.55. The second kappa shape index (κ2) is 7.42. The van der Waals surface area contributed by atoms with Gasteiger partial charge in [0.05, 0.1) is 18.1 Å². The molecular weight excluding hydrogens is 330 g/mol. The van der Waals surface area contributed by atoms with E-state index in [0.717, 1.165) is 31.4 Å². The lowest BCUT2D eigenvalue weighted by atomic mass is 10.2. The van der Waals surface area contributed by atoms with Gasteiger partial charge in [0.2, 0.25) is 10.0 Å². The highest BCUT2D eigenvalue weighted by molar-refractivity contribution is 7.89. The first kappa shape index (κ1) is 17.1. The Kier molecular flexibility index (Phi) is 5.27. The molecule has 1 aliphatic heterocycles. The molecule has 1 saturated heterocycles. The Morgan fingerprint density at radius 1 is 1.17 bits per heavy atom. The topological polar surface area (TPSA) is 88.1 Å². The van der Waals surface area contributed by atoms with Crippen molar-refractivity contribution >= 4 is 21.6 Å². The summed E-state index contributed by atoms with van der Waals surface area (Å²) >= 11 is 0. The van der Waals surface area contributed by atoms with Crippen LogP contribution in [0.15, 0.2) is 34.3 Å². The molecule has 1 saturated carbocycles. The monoisotopic (exact) mass is 351 g/mol. The highest BCUT2D eigenvalue weighted by atomic mass is 32.2. The van der Waals surface area contributed by atoms with Gasteiger partial charge in [-0.25, -0.2) is 13.8 Å². The van der Waals surface area contributed by atoms with E-state index >= 15 is 0 Å². The summed E-state index contributed by atoms with van der Waals surface area (Å²) in [6.45, 7) is 1.42. The van der Waals surface area contributed by atoms with Gasteiger partial charge in [-0.15, -0.1) is 0 Å². The van der Waals surface area contributed by atoms with Crippen molar-refractivity contribution in [2.24, 2.45) is 5.10 Å². The van der Waals surface area contributed by atoms with Crippen molar-refractivity contribution < 1.29 is 17.9 Å². The number of rotatable bonds is 4. The highest BCUT2D eigenvalue weighted by Crippen LogP contribution is 2.18. The molecule has 0 radical (unpaired) electrons. The number of benzene rings is 1. The minimum Gasteiger partial charge on any atom is -0.379 e. The predicted octanol–water partition coefficient (Wildman–Crippen LogP) is 1.37. The summed E-state index contributed by atoms with van der Waals surface area (Å²) in [6, 6.07) is 6.06. The number of carbonyl (C=O) groups excluding carboxylic acids is 1. The Morgan fingerprint density at radius 3 is 2.58 bits per heavy atom. The average Bonchev–Trinajstić information content (AvgIpc) is 3.14. The lowest BCUT2D eigenvalue weighted by Gasteiger charge is -2.26. The van der Waals surface area contributed by atoms with Crippen LogP contribution in [-0.4, -0.2) is 50.6 Å². The largest absolute Gasteiger partial charge is 0.379 e. The fourth-order valence-electron chi connectivity index (χ4n) is 2.82. The Balaban J connectivity index is 1.75. The predicted molar refractivity (Wildman–Crippen MR) is 89.4 cm³/mol. The Labute approximate surface area is 141 Å². The second-order valence-corrected chi connectivity index (χ2v) is 7.81. The van der Waals surface area contributed by atoms with Crippen molar-refractivity contribution in [3.63, 3.8) is 0 Å². The zero-order valence-electron chi connectivity index (χ0n) is 13.4. The van der Waals surface area contributed by atoms with E-state index < -0.39 is 15.9 Å². The van der Waals surface area contributed by atoms with Crippen molar-refractivity contribution in [2.45, 2.75) is 30.6 Å². The molecule has 1 aromatic rings. The molecule has 0 atom stereocenters. The number of amides is 1. The number of nitrogens with one attached hydrogen (secondary N) is 1. The molecule has 7 nitrogen and oxygen atoms in total. The van der Waals surface area contributed by atoms with E-state index in [1.54, 1.807) is 12.1 Å².